The Morgan fingerprint density at radius 2 is 1.94 bits per heavy atom. The van der Waals surface area contributed by atoms with Crippen LogP contribution in [0.4, 0.5) is 0 Å². The third-order valence-corrected chi connectivity index (χ3v) is 4.61. The number of nitrogens with one attached hydrogen (secondary N) is 1. The first-order chi connectivity index (χ1) is 8.23. The average molecular weight is 255 g/mol. The molecule has 1 aliphatic heterocycles. The van der Waals surface area contributed by atoms with Crippen LogP contribution in [-0.4, -0.2) is 35.0 Å². The van der Waals surface area contributed by atoms with Crippen molar-refractivity contribution in [2.24, 2.45) is 5.92 Å². The first-order valence-electron chi connectivity index (χ1n) is 7.34. The van der Waals surface area contributed by atoms with Gasteiger partial charge in [0, 0.05) is 18.7 Å². The summed E-state index contributed by atoms with van der Waals surface area (Å²) in [6.45, 7) is 9.88. The zero-order chi connectivity index (χ0) is 13.4. The Kier molecular flexibility index (Phi) is 3.79. The maximum atomic E-state index is 10.7. The smallest absolute Gasteiger partial charge is 0.0773 e. The Bertz CT molecular complexity index is 289. The maximum Gasteiger partial charge on any atom is 0.0773 e. The van der Waals surface area contributed by atoms with Crippen molar-refractivity contribution in [3.05, 3.63) is 0 Å². The molecule has 0 aromatic carbocycles. The monoisotopic (exact) mass is 255 g/mol. The Labute approximate surface area is 111 Å². The van der Waals surface area contributed by atoms with E-state index >= 15 is 0 Å². The van der Waals surface area contributed by atoms with E-state index in [0.29, 0.717) is 12.5 Å². The summed E-state index contributed by atoms with van der Waals surface area (Å²) in [5.74, 6) is 0.362. The Morgan fingerprint density at radius 3 is 2.44 bits per heavy atom. The van der Waals surface area contributed by atoms with Gasteiger partial charge in [-0.3, -0.25) is 0 Å². The number of hydrogen-bond acceptors (Lipinski definition) is 3. The molecule has 0 radical (unpaired) electrons. The highest BCUT2D eigenvalue weighted by molar-refractivity contribution is 4.99. The van der Waals surface area contributed by atoms with Crippen LogP contribution >= 0.6 is 0 Å². The van der Waals surface area contributed by atoms with E-state index in [9.17, 15) is 5.11 Å². The van der Waals surface area contributed by atoms with Crippen LogP contribution in [0.15, 0.2) is 0 Å². The zero-order valence-electron chi connectivity index (χ0n) is 12.4. The van der Waals surface area contributed by atoms with E-state index in [2.05, 4.69) is 26.1 Å². The minimum Gasteiger partial charge on any atom is -0.389 e. The lowest BCUT2D eigenvalue weighted by molar-refractivity contribution is -0.171. The normalized spacial score (nSPS) is 30.8. The van der Waals surface area contributed by atoms with Crippen LogP contribution < -0.4 is 5.32 Å². The Balaban J connectivity index is 1.92. The minimum absolute atomic E-state index is 0.0588. The van der Waals surface area contributed by atoms with E-state index in [-0.39, 0.29) is 11.1 Å². The van der Waals surface area contributed by atoms with Crippen LogP contribution in [0.5, 0.6) is 0 Å². The summed E-state index contributed by atoms with van der Waals surface area (Å²) in [4.78, 5) is 0. The van der Waals surface area contributed by atoms with E-state index in [0.717, 1.165) is 19.4 Å². The largest absolute Gasteiger partial charge is 0.389 e. The molecule has 2 N–H and O–H groups in total. The summed E-state index contributed by atoms with van der Waals surface area (Å²) in [6.07, 6.45) is 5.68. The van der Waals surface area contributed by atoms with E-state index in [4.69, 9.17) is 4.74 Å². The lowest BCUT2D eigenvalue weighted by Gasteiger charge is -2.50. The number of β-amino-alcohol motifs (C(OH)–C–C–N with tert-alkyl or cyclic N) is 1. The van der Waals surface area contributed by atoms with Crippen molar-refractivity contribution in [3.63, 3.8) is 0 Å². The van der Waals surface area contributed by atoms with Gasteiger partial charge in [0.15, 0.2) is 0 Å². The molecule has 2 atom stereocenters. The van der Waals surface area contributed by atoms with E-state index in [1.807, 2.05) is 6.92 Å². The highest BCUT2D eigenvalue weighted by Gasteiger charge is 2.47. The zero-order valence-corrected chi connectivity index (χ0v) is 12.4. The predicted octanol–water partition coefficient (Wildman–Crippen LogP) is 2.47. The standard InChI is InChI=1S/C15H29NO2/c1-13(2,3)16-11-14(4,17)12-6-9-18-15(10-12)7-5-8-15/h12,16-17H,5-11H2,1-4H3. The molecule has 1 heterocycles. The Morgan fingerprint density at radius 1 is 1.28 bits per heavy atom. The first-order valence-corrected chi connectivity index (χ1v) is 7.34. The molecule has 1 spiro atoms. The van der Waals surface area contributed by atoms with Gasteiger partial charge in [-0.1, -0.05) is 0 Å². The van der Waals surface area contributed by atoms with Crippen molar-refractivity contribution >= 4 is 0 Å². The summed E-state index contributed by atoms with van der Waals surface area (Å²) >= 11 is 0. The van der Waals surface area contributed by atoms with Gasteiger partial charge in [0.25, 0.3) is 0 Å². The summed E-state index contributed by atoms with van der Waals surface area (Å²) < 4.78 is 5.94. The van der Waals surface area contributed by atoms with Crippen molar-refractivity contribution in [2.45, 2.75) is 76.5 Å². The fourth-order valence-corrected chi connectivity index (χ4v) is 3.07. The molecule has 18 heavy (non-hydrogen) atoms. The fraction of sp³-hybridized carbons (Fsp3) is 1.00. The van der Waals surface area contributed by atoms with Gasteiger partial charge in [-0.25, -0.2) is 0 Å². The highest BCUT2D eigenvalue weighted by atomic mass is 16.5. The van der Waals surface area contributed by atoms with Crippen LogP contribution in [0.2, 0.25) is 0 Å². The summed E-state index contributed by atoms with van der Waals surface area (Å²) in [6, 6.07) is 0. The number of aliphatic hydroxyl groups is 1. The molecule has 1 aliphatic carbocycles. The molecule has 2 fully saturated rings. The number of ether oxygens (including phenoxy) is 1. The number of rotatable bonds is 3. The SMILES string of the molecule is CC(C)(C)NCC(C)(O)C1CCOC2(CCC2)C1. The molecule has 0 aromatic rings. The molecule has 0 aromatic heterocycles. The van der Waals surface area contributed by atoms with Crippen LogP contribution in [0.25, 0.3) is 0 Å². The third-order valence-electron chi connectivity index (χ3n) is 4.61. The van der Waals surface area contributed by atoms with Gasteiger partial charge in [-0.2, -0.15) is 0 Å². The van der Waals surface area contributed by atoms with Gasteiger partial charge in [0.05, 0.1) is 11.2 Å². The lowest BCUT2D eigenvalue weighted by Crippen LogP contribution is -2.55. The van der Waals surface area contributed by atoms with Crippen molar-refractivity contribution in [3.8, 4) is 0 Å². The molecule has 1 saturated heterocycles. The second kappa shape index (κ2) is 4.77. The summed E-state index contributed by atoms with van der Waals surface area (Å²) in [7, 11) is 0. The second-order valence-electron chi connectivity index (χ2n) is 7.54. The van der Waals surface area contributed by atoms with Crippen molar-refractivity contribution in [1.29, 1.82) is 0 Å². The molecule has 106 valence electrons. The first kappa shape index (κ1) is 14.3. The van der Waals surface area contributed by atoms with Gasteiger partial charge in [0.1, 0.15) is 0 Å². The maximum absolute atomic E-state index is 10.7. The molecule has 0 amide bonds. The van der Waals surface area contributed by atoms with Crippen LogP contribution in [0.1, 0.15) is 59.8 Å². The van der Waals surface area contributed by atoms with Crippen LogP contribution in [0.3, 0.4) is 0 Å². The van der Waals surface area contributed by atoms with Crippen LogP contribution in [0, 0.1) is 5.92 Å². The summed E-state index contributed by atoms with van der Waals surface area (Å²) in [5, 5.41) is 14.2. The van der Waals surface area contributed by atoms with Crippen molar-refractivity contribution in [2.75, 3.05) is 13.2 Å². The van der Waals surface area contributed by atoms with Crippen LogP contribution in [-0.2, 0) is 4.74 Å². The second-order valence-corrected chi connectivity index (χ2v) is 7.54. The van der Waals surface area contributed by atoms with E-state index in [1.54, 1.807) is 0 Å². The molecule has 2 rings (SSSR count). The molecule has 2 aliphatic rings. The summed E-state index contributed by atoms with van der Waals surface area (Å²) in [5.41, 5.74) is -0.447. The lowest BCUT2D eigenvalue weighted by atomic mass is 9.68. The molecular formula is C15H29NO2. The predicted molar refractivity (Wildman–Crippen MR) is 73.6 cm³/mol. The molecule has 2 unspecified atom stereocenters. The fourth-order valence-electron chi connectivity index (χ4n) is 3.07. The molecule has 3 nitrogen and oxygen atoms in total. The van der Waals surface area contributed by atoms with E-state index < -0.39 is 5.60 Å². The number of hydrogen-bond donors (Lipinski definition) is 2. The van der Waals surface area contributed by atoms with Gasteiger partial charge in [0.2, 0.25) is 0 Å². The molecule has 1 saturated carbocycles. The molecule has 0 bridgehead atoms. The van der Waals surface area contributed by atoms with Gasteiger partial charge < -0.3 is 15.2 Å². The van der Waals surface area contributed by atoms with E-state index in [1.165, 1.54) is 19.3 Å². The van der Waals surface area contributed by atoms with Gasteiger partial charge >= 0.3 is 0 Å². The quantitative estimate of drug-likeness (QED) is 0.814. The minimum atomic E-state index is -0.625. The molecule has 3 heteroatoms. The molecular weight excluding hydrogens is 226 g/mol. The third kappa shape index (κ3) is 3.25. The van der Waals surface area contributed by atoms with Crippen molar-refractivity contribution < 1.29 is 9.84 Å². The van der Waals surface area contributed by atoms with Gasteiger partial charge in [-0.05, 0) is 65.7 Å². The average Bonchev–Trinajstić information content (AvgIpc) is 2.24. The van der Waals surface area contributed by atoms with Crippen molar-refractivity contribution in [1.82, 2.24) is 5.32 Å². The topological polar surface area (TPSA) is 41.5 Å². The Hall–Kier alpha value is -0.120. The van der Waals surface area contributed by atoms with Gasteiger partial charge in [-0.15, -0.1) is 0 Å². The highest BCUT2D eigenvalue weighted by Crippen LogP contribution is 2.46.